The van der Waals surface area contributed by atoms with Gasteiger partial charge in [-0.3, -0.25) is 24.6 Å². The zero-order valence-corrected chi connectivity index (χ0v) is 25.6. The Morgan fingerprint density at radius 1 is 1.14 bits per heavy atom. The van der Waals surface area contributed by atoms with Gasteiger partial charge >= 0.3 is 0 Å². The Morgan fingerprint density at radius 2 is 1.89 bits per heavy atom. The number of likely N-dealkylation sites (tertiary alicyclic amines) is 1. The van der Waals surface area contributed by atoms with Crippen LogP contribution in [0.15, 0.2) is 66.7 Å². The van der Waals surface area contributed by atoms with Crippen molar-refractivity contribution in [1.82, 2.24) is 15.1 Å². The van der Waals surface area contributed by atoms with Gasteiger partial charge in [-0.05, 0) is 57.0 Å². The maximum absolute atomic E-state index is 13.6. The van der Waals surface area contributed by atoms with Gasteiger partial charge in [0.25, 0.3) is 11.6 Å². The van der Waals surface area contributed by atoms with Gasteiger partial charge in [0.15, 0.2) is 0 Å². The van der Waals surface area contributed by atoms with Crippen LogP contribution in [0.4, 0.5) is 5.69 Å². The number of hydrogen-bond acceptors (Lipinski definition) is 8. The second kappa shape index (κ2) is 14.9. The minimum atomic E-state index is -0.503. The highest BCUT2D eigenvalue weighted by Gasteiger charge is 2.31. The fraction of sp³-hybridized carbons (Fsp3) is 0.394. The fourth-order valence-electron chi connectivity index (χ4n) is 5.83. The van der Waals surface area contributed by atoms with E-state index in [-0.39, 0.29) is 29.2 Å². The molecule has 11 heteroatoms. The minimum Gasteiger partial charge on any atom is -0.496 e. The van der Waals surface area contributed by atoms with Crippen molar-refractivity contribution in [3.8, 4) is 16.9 Å². The number of nitrogens with one attached hydrogen (secondary N) is 1. The standard InChI is InChI=1S/C33H42N6O5/c1-37(2)21-27(13-12-22-8-5-4-6-9-22)36-33(41)25-16-24(17-28(18-25)39(42)43)29-11-7-10-23(31(29)44-3)20-38-15-14-26(34)19-30(38)32(35)40/h4-11,16-18,26-27,30H,12-15,19-21,34H2,1-3H3,(H2,35,40)(H,36,41)/t26?,27-,30?/m0/s1. The summed E-state index contributed by atoms with van der Waals surface area (Å²) in [6.07, 6.45) is 2.69. The number of benzene rings is 3. The van der Waals surface area contributed by atoms with Gasteiger partial charge in [0.2, 0.25) is 5.91 Å². The summed E-state index contributed by atoms with van der Waals surface area (Å²) in [5, 5.41) is 15.1. The summed E-state index contributed by atoms with van der Waals surface area (Å²) in [7, 11) is 5.41. The van der Waals surface area contributed by atoms with Gasteiger partial charge in [-0.2, -0.15) is 0 Å². The van der Waals surface area contributed by atoms with Gasteiger partial charge in [-0.1, -0.05) is 48.5 Å². The number of nitro groups is 1. The number of nitrogens with zero attached hydrogens (tertiary/aromatic N) is 3. The van der Waals surface area contributed by atoms with Crippen molar-refractivity contribution in [2.75, 3.05) is 34.3 Å². The lowest BCUT2D eigenvalue weighted by Gasteiger charge is -2.36. The second-order valence-electron chi connectivity index (χ2n) is 11.7. The number of aryl methyl sites for hydroxylation is 1. The Labute approximate surface area is 258 Å². The van der Waals surface area contributed by atoms with Crippen LogP contribution in [0.5, 0.6) is 5.75 Å². The largest absolute Gasteiger partial charge is 0.496 e. The molecule has 0 aliphatic carbocycles. The molecule has 2 amide bonds. The smallest absolute Gasteiger partial charge is 0.270 e. The summed E-state index contributed by atoms with van der Waals surface area (Å²) in [5.74, 6) is -0.314. The number of ether oxygens (including phenoxy) is 1. The number of likely N-dealkylation sites (N-methyl/N-ethyl adjacent to an activating group) is 1. The number of piperidine rings is 1. The summed E-state index contributed by atoms with van der Waals surface area (Å²) in [6.45, 7) is 1.60. The molecule has 3 aromatic carbocycles. The van der Waals surface area contributed by atoms with Crippen molar-refractivity contribution in [3.63, 3.8) is 0 Å². The molecule has 0 radical (unpaired) electrons. The van der Waals surface area contributed by atoms with Gasteiger partial charge < -0.3 is 26.4 Å². The Kier molecular flexibility index (Phi) is 11.0. The monoisotopic (exact) mass is 602 g/mol. The quantitative estimate of drug-likeness (QED) is 0.199. The number of primary amides is 1. The third-order valence-corrected chi connectivity index (χ3v) is 8.00. The highest BCUT2D eigenvalue weighted by Crippen LogP contribution is 2.37. The first-order valence-electron chi connectivity index (χ1n) is 14.8. The van der Waals surface area contributed by atoms with Crippen molar-refractivity contribution >= 4 is 17.5 Å². The SMILES string of the molecule is COc1c(CN2CCC(N)CC2C(N)=O)cccc1-c1cc(C(=O)N[C@@H](CCc2ccccc2)CN(C)C)cc([N+](=O)[O-])c1. The molecular formula is C33H42N6O5. The van der Waals surface area contributed by atoms with Crippen molar-refractivity contribution in [2.45, 2.75) is 50.4 Å². The predicted octanol–water partition coefficient (Wildman–Crippen LogP) is 3.34. The van der Waals surface area contributed by atoms with Crippen LogP contribution in [0.25, 0.3) is 11.1 Å². The van der Waals surface area contributed by atoms with Gasteiger partial charge in [0.05, 0.1) is 18.1 Å². The van der Waals surface area contributed by atoms with E-state index in [4.69, 9.17) is 16.2 Å². The van der Waals surface area contributed by atoms with Crippen LogP contribution in [0.2, 0.25) is 0 Å². The van der Waals surface area contributed by atoms with Crippen LogP contribution in [0.3, 0.4) is 0 Å². The molecule has 2 unspecified atom stereocenters. The number of carbonyl (C=O) groups excluding carboxylic acids is 2. The van der Waals surface area contributed by atoms with E-state index >= 15 is 0 Å². The number of para-hydroxylation sites is 1. The number of carbonyl (C=O) groups is 2. The van der Waals surface area contributed by atoms with Gasteiger partial charge in [0, 0.05) is 60.5 Å². The minimum absolute atomic E-state index is 0.0953. The van der Waals surface area contributed by atoms with Crippen molar-refractivity contribution in [2.24, 2.45) is 11.5 Å². The van der Waals surface area contributed by atoms with E-state index in [0.717, 1.165) is 18.4 Å². The number of methoxy groups -OCH3 is 1. The fourth-order valence-corrected chi connectivity index (χ4v) is 5.83. The molecule has 5 N–H and O–H groups in total. The molecule has 0 saturated carbocycles. The molecule has 0 aromatic heterocycles. The Balaban J connectivity index is 1.63. The average Bonchev–Trinajstić information content (AvgIpc) is 3.00. The number of nitrogens with two attached hydrogens (primary N) is 2. The molecule has 1 aliphatic rings. The normalized spacial score (nSPS) is 17.7. The zero-order valence-electron chi connectivity index (χ0n) is 25.6. The van der Waals surface area contributed by atoms with E-state index in [9.17, 15) is 19.7 Å². The molecule has 1 fully saturated rings. The number of amides is 2. The molecule has 44 heavy (non-hydrogen) atoms. The molecule has 3 atom stereocenters. The van der Waals surface area contributed by atoms with Crippen molar-refractivity contribution in [3.05, 3.63) is 93.5 Å². The topological polar surface area (TPSA) is 157 Å². The van der Waals surface area contributed by atoms with E-state index in [0.29, 0.717) is 49.4 Å². The van der Waals surface area contributed by atoms with Gasteiger partial charge in [-0.25, -0.2) is 0 Å². The highest BCUT2D eigenvalue weighted by atomic mass is 16.6. The Bertz CT molecular complexity index is 1460. The molecule has 1 aliphatic heterocycles. The molecule has 0 bridgehead atoms. The van der Waals surface area contributed by atoms with Crippen LogP contribution in [0, 0.1) is 10.1 Å². The van der Waals surface area contributed by atoms with Crippen LogP contribution >= 0.6 is 0 Å². The third kappa shape index (κ3) is 8.40. The number of non-ortho nitro benzene ring substituents is 1. The maximum atomic E-state index is 13.6. The lowest BCUT2D eigenvalue weighted by atomic mass is 9.95. The Morgan fingerprint density at radius 3 is 2.55 bits per heavy atom. The first-order chi connectivity index (χ1) is 21.0. The zero-order chi connectivity index (χ0) is 31.8. The van der Waals surface area contributed by atoms with E-state index < -0.39 is 16.9 Å². The molecule has 1 heterocycles. The average molecular weight is 603 g/mol. The molecular weight excluding hydrogens is 560 g/mol. The van der Waals surface area contributed by atoms with E-state index in [1.165, 1.54) is 24.8 Å². The lowest BCUT2D eigenvalue weighted by molar-refractivity contribution is -0.384. The molecule has 234 valence electrons. The number of hydrogen-bond donors (Lipinski definition) is 3. The van der Waals surface area contributed by atoms with Crippen molar-refractivity contribution < 1.29 is 19.2 Å². The molecule has 4 rings (SSSR count). The number of nitro benzene ring substituents is 1. The Hall–Kier alpha value is -4.32. The van der Waals surface area contributed by atoms with Crippen LogP contribution in [-0.2, 0) is 17.8 Å². The summed E-state index contributed by atoms with van der Waals surface area (Å²) in [6, 6.07) is 19.2. The van der Waals surface area contributed by atoms with Crippen LogP contribution in [0.1, 0.15) is 40.7 Å². The molecule has 0 spiro atoms. The van der Waals surface area contributed by atoms with Crippen molar-refractivity contribution in [1.29, 1.82) is 0 Å². The van der Waals surface area contributed by atoms with Crippen LogP contribution in [-0.4, -0.2) is 79.0 Å². The van der Waals surface area contributed by atoms with E-state index in [1.807, 2.05) is 54.2 Å². The summed E-state index contributed by atoms with van der Waals surface area (Å²) in [4.78, 5) is 41.2. The van der Waals surface area contributed by atoms with E-state index in [2.05, 4.69) is 17.4 Å². The summed E-state index contributed by atoms with van der Waals surface area (Å²) < 4.78 is 5.83. The summed E-state index contributed by atoms with van der Waals surface area (Å²) >= 11 is 0. The number of rotatable bonds is 13. The first-order valence-corrected chi connectivity index (χ1v) is 14.8. The highest BCUT2D eigenvalue weighted by molar-refractivity contribution is 5.97. The van der Waals surface area contributed by atoms with Gasteiger partial charge in [0.1, 0.15) is 5.75 Å². The predicted molar refractivity (Wildman–Crippen MR) is 170 cm³/mol. The van der Waals surface area contributed by atoms with Crippen LogP contribution < -0.4 is 21.5 Å². The third-order valence-electron chi connectivity index (χ3n) is 8.00. The van der Waals surface area contributed by atoms with E-state index in [1.54, 1.807) is 12.1 Å². The first kappa shape index (κ1) is 32.6. The second-order valence-corrected chi connectivity index (χ2v) is 11.7. The molecule has 1 saturated heterocycles. The summed E-state index contributed by atoms with van der Waals surface area (Å²) in [5.41, 5.74) is 14.8. The molecule has 3 aromatic rings. The molecule has 11 nitrogen and oxygen atoms in total. The lowest BCUT2D eigenvalue weighted by Crippen LogP contribution is -2.52. The maximum Gasteiger partial charge on any atom is 0.270 e. The van der Waals surface area contributed by atoms with Gasteiger partial charge in [-0.15, -0.1) is 0 Å².